The van der Waals surface area contributed by atoms with E-state index in [4.69, 9.17) is 0 Å². The quantitative estimate of drug-likeness (QED) is 0.675. The molecule has 0 saturated carbocycles. The zero-order valence-corrected chi connectivity index (χ0v) is 9.19. The summed E-state index contributed by atoms with van der Waals surface area (Å²) < 4.78 is 0. The zero-order valence-electron chi connectivity index (χ0n) is 9.19. The second-order valence-electron chi connectivity index (χ2n) is 3.88. The van der Waals surface area contributed by atoms with Crippen molar-refractivity contribution in [2.75, 3.05) is 18.0 Å². The van der Waals surface area contributed by atoms with Crippen molar-refractivity contribution in [3.63, 3.8) is 0 Å². The molecule has 78 valence electrons. The van der Waals surface area contributed by atoms with E-state index in [1.807, 2.05) is 0 Å². The summed E-state index contributed by atoms with van der Waals surface area (Å²) >= 11 is 0. The monoisotopic (exact) mass is 199 g/mol. The lowest BCUT2D eigenvalue weighted by atomic mass is 10.0. The summed E-state index contributed by atoms with van der Waals surface area (Å²) in [7, 11) is 0. The van der Waals surface area contributed by atoms with Gasteiger partial charge in [-0.2, -0.15) is 0 Å². The number of nitrogens with zero attached hydrogens (tertiary/aromatic N) is 1. The van der Waals surface area contributed by atoms with Crippen molar-refractivity contribution in [1.29, 1.82) is 0 Å². The first-order valence-electron chi connectivity index (χ1n) is 5.44. The fraction of sp³-hybridized carbons (Fsp3) is 0.286. The molecule has 0 N–H and O–H groups in total. The molecule has 1 heterocycles. The average molecular weight is 199 g/mol. The molecule has 1 aliphatic heterocycles. The Kier molecular flexibility index (Phi) is 2.91. The summed E-state index contributed by atoms with van der Waals surface area (Å²) in [5.41, 5.74) is 2.78. The van der Waals surface area contributed by atoms with Crippen LogP contribution in [0.1, 0.15) is 18.4 Å². The Morgan fingerprint density at radius 3 is 3.00 bits per heavy atom. The van der Waals surface area contributed by atoms with E-state index in [2.05, 4.69) is 60.9 Å². The highest BCUT2D eigenvalue weighted by molar-refractivity contribution is 5.61. The molecular weight excluding hydrogens is 182 g/mol. The van der Waals surface area contributed by atoms with Gasteiger partial charge in [0.15, 0.2) is 0 Å². The summed E-state index contributed by atoms with van der Waals surface area (Å²) in [6.07, 6.45) is 6.35. The van der Waals surface area contributed by atoms with Crippen molar-refractivity contribution in [3.05, 3.63) is 54.6 Å². The maximum Gasteiger partial charge on any atom is 0.0408 e. The molecular formula is C14H17N. The molecule has 0 saturated heterocycles. The minimum absolute atomic E-state index is 0.492. The van der Waals surface area contributed by atoms with Gasteiger partial charge < -0.3 is 4.90 Å². The van der Waals surface area contributed by atoms with E-state index >= 15 is 0 Å². The molecule has 2 rings (SSSR count). The standard InChI is InChI=1S/C14H17N/c1-3-5-10-15-11-12(4-2)13-8-6-7-9-14(13)15/h3-9,12H,2,10-11H2,1H3/b5-3+. The molecule has 1 aliphatic rings. The van der Waals surface area contributed by atoms with E-state index in [1.165, 1.54) is 11.3 Å². The Morgan fingerprint density at radius 1 is 1.47 bits per heavy atom. The molecule has 0 fully saturated rings. The van der Waals surface area contributed by atoms with Crippen molar-refractivity contribution in [3.8, 4) is 0 Å². The number of benzene rings is 1. The number of para-hydroxylation sites is 1. The fourth-order valence-corrected chi connectivity index (χ4v) is 2.13. The number of allylic oxidation sites excluding steroid dienone is 1. The highest BCUT2D eigenvalue weighted by Crippen LogP contribution is 2.36. The van der Waals surface area contributed by atoms with Crippen LogP contribution < -0.4 is 4.90 Å². The number of fused-ring (bicyclic) bond motifs is 1. The molecule has 0 radical (unpaired) electrons. The van der Waals surface area contributed by atoms with Gasteiger partial charge in [0.25, 0.3) is 0 Å². The summed E-state index contributed by atoms with van der Waals surface area (Å²) in [6.45, 7) is 8.03. The maximum absolute atomic E-state index is 3.91. The predicted octanol–water partition coefficient (Wildman–Crippen LogP) is 3.35. The van der Waals surface area contributed by atoms with Crippen LogP contribution >= 0.6 is 0 Å². The third-order valence-electron chi connectivity index (χ3n) is 2.94. The third kappa shape index (κ3) is 1.82. The Bertz CT molecular complexity index is 379. The molecule has 1 unspecified atom stereocenters. The number of rotatable bonds is 3. The molecule has 1 atom stereocenters. The Morgan fingerprint density at radius 2 is 2.27 bits per heavy atom. The number of anilines is 1. The fourth-order valence-electron chi connectivity index (χ4n) is 2.13. The molecule has 15 heavy (non-hydrogen) atoms. The van der Waals surface area contributed by atoms with E-state index < -0.39 is 0 Å². The summed E-state index contributed by atoms with van der Waals surface area (Å²) in [5, 5.41) is 0. The van der Waals surface area contributed by atoms with E-state index in [0.29, 0.717) is 5.92 Å². The van der Waals surface area contributed by atoms with Gasteiger partial charge in [-0.1, -0.05) is 36.4 Å². The smallest absolute Gasteiger partial charge is 0.0408 e. The predicted molar refractivity (Wildman–Crippen MR) is 66.4 cm³/mol. The van der Waals surface area contributed by atoms with E-state index in [-0.39, 0.29) is 0 Å². The minimum Gasteiger partial charge on any atom is -0.367 e. The molecule has 1 aromatic carbocycles. The van der Waals surface area contributed by atoms with Crippen molar-refractivity contribution in [2.24, 2.45) is 0 Å². The van der Waals surface area contributed by atoms with Crippen LogP contribution in [0.3, 0.4) is 0 Å². The Hall–Kier alpha value is -1.50. The van der Waals surface area contributed by atoms with Gasteiger partial charge in [0.05, 0.1) is 0 Å². The third-order valence-corrected chi connectivity index (χ3v) is 2.94. The first kappa shape index (κ1) is 10.0. The van der Waals surface area contributed by atoms with E-state index in [9.17, 15) is 0 Å². The lowest BCUT2D eigenvalue weighted by molar-refractivity contribution is 0.835. The summed E-state index contributed by atoms with van der Waals surface area (Å²) in [4.78, 5) is 2.40. The molecule has 0 aliphatic carbocycles. The zero-order chi connectivity index (χ0) is 10.7. The van der Waals surface area contributed by atoms with Crippen LogP contribution in [0.2, 0.25) is 0 Å². The van der Waals surface area contributed by atoms with Gasteiger partial charge in [-0.3, -0.25) is 0 Å². The van der Waals surface area contributed by atoms with Crippen LogP contribution in [-0.4, -0.2) is 13.1 Å². The van der Waals surface area contributed by atoms with Crippen molar-refractivity contribution in [1.82, 2.24) is 0 Å². The van der Waals surface area contributed by atoms with Gasteiger partial charge in [0.2, 0.25) is 0 Å². The van der Waals surface area contributed by atoms with Crippen LogP contribution in [-0.2, 0) is 0 Å². The van der Waals surface area contributed by atoms with Crippen LogP contribution in [0.4, 0.5) is 5.69 Å². The van der Waals surface area contributed by atoms with E-state index in [1.54, 1.807) is 0 Å². The summed E-state index contributed by atoms with van der Waals surface area (Å²) in [6, 6.07) is 8.61. The van der Waals surface area contributed by atoms with Crippen LogP contribution in [0.25, 0.3) is 0 Å². The second kappa shape index (κ2) is 4.35. The van der Waals surface area contributed by atoms with Gasteiger partial charge >= 0.3 is 0 Å². The highest BCUT2D eigenvalue weighted by atomic mass is 15.1. The second-order valence-corrected chi connectivity index (χ2v) is 3.88. The average Bonchev–Trinajstić information content (AvgIpc) is 2.65. The number of hydrogen-bond acceptors (Lipinski definition) is 1. The first-order chi connectivity index (χ1) is 7.36. The van der Waals surface area contributed by atoms with Crippen molar-refractivity contribution >= 4 is 5.69 Å². The molecule has 0 spiro atoms. The van der Waals surface area contributed by atoms with Crippen molar-refractivity contribution in [2.45, 2.75) is 12.8 Å². The number of hydrogen-bond donors (Lipinski definition) is 0. The van der Waals surface area contributed by atoms with Crippen LogP contribution in [0.5, 0.6) is 0 Å². The maximum atomic E-state index is 3.91. The van der Waals surface area contributed by atoms with Gasteiger partial charge in [0, 0.05) is 24.7 Å². The van der Waals surface area contributed by atoms with Crippen LogP contribution in [0.15, 0.2) is 49.1 Å². The van der Waals surface area contributed by atoms with Crippen LogP contribution in [0, 0.1) is 0 Å². The lowest BCUT2D eigenvalue weighted by Crippen LogP contribution is -2.21. The van der Waals surface area contributed by atoms with Gasteiger partial charge in [-0.15, -0.1) is 6.58 Å². The summed E-state index contributed by atoms with van der Waals surface area (Å²) in [5.74, 6) is 0.492. The molecule has 1 nitrogen and oxygen atoms in total. The minimum atomic E-state index is 0.492. The molecule has 0 amide bonds. The van der Waals surface area contributed by atoms with Gasteiger partial charge in [-0.05, 0) is 18.6 Å². The highest BCUT2D eigenvalue weighted by Gasteiger charge is 2.24. The normalized spacial score (nSPS) is 19.5. The SMILES string of the molecule is C=CC1CN(C/C=C/C)c2ccccc21. The molecule has 1 heteroatoms. The van der Waals surface area contributed by atoms with Crippen molar-refractivity contribution < 1.29 is 0 Å². The van der Waals surface area contributed by atoms with Gasteiger partial charge in [-0.25, -0.2) is 0 Å². The molecule has 0 bridgehead atoms. The lowest BCUT2D eigenvalue weighted by Gasteiger charge is -2.17. The van der Waals surface area contributed by atoms with Gasteiger partial charge in [0.1, 0.15) is 0 Å². The Balaban J connectivity index is 2.29. The first-order valence-corrected chi connectivity index (χ1v) is 5.44. The Labute approximate surface area is 91.7 Å². The van der Waals surface area contributed by atoms with E-state index in [0.717, 1.165) is 13.1 Å². The largest absolute Gasteiger partial charge is 0.367 e. The topological polar surface area (TPSA) is 3.24 Å². The molecule has 1 aromatic rings. The molecule has 0 aromatic heterocycles.